The molecule has 24 heavy (non-hydrogen) atoms. The molecule has 1 unspecified atom stereocenters. The second-order valence-corrected chi connectivity index (χ2v) is 5.84. The zero-order valence-corrected chi connectivity index (χ0v) is 12.9. The van der Waals surface area contributed by atoms with Crippen molar-refractivity contribution in [2.24, 2.45) is 0 Å². The number of hydrogen-bond acceptors (Lipinski definition) is 5. The number of nitrogens with zero attached hydrogens (tertiary/aromatic N) is 1. The fourth-order valence-corrected chi connectivity index (χ4v) is 2.77. The van der Waals surface area contributed by atoms with Crippen molar-refractivity contribution in [3.05, 3.63) is 68.7 Å². The number of carbonyl (C=O) groups excluding carboxylic acids is 2. The molecule has 122 valence electrons. The first-order valence-electron chi connectivity index (χ1n) is 6.93. The van der Waals surface area contributed by atoms with E-state index in [0.29, 0.717) is 10.7 Å². The summed E-state index contributed by atoms with van der Waals surface area (Å²) in [5, 5.41) is 24.2. The van der Waals surface area contributed by atoms with Gasteiger partial charge in [-0.3, -0.25) is 19.7 Å². The Bertz CT molecular complexity index is 865. The number of nitro benzene ring substituents is 1. The zero-order chi connectivity index (χ0) is 17.5. The molecule has 2 aromatic carbocycles. The highest BCUT2D eigenvalue weighted by Gasteiger charge is 2.46. The minimum Gasteiger partial charge on any atom is -0.375 e. The lowest BCUT2D eigenvalue weighted by molar-refractivity contribution is -0.384. The molecule has 0 aliphatic carbocycles. The molecule has 3 rings (SSSR count). The van der Waals surface area contributed by atoms with Gasteiger partial charge in [0.15, 0.2) is 11.4 Å². The Morgan fingerprint density at radius 2 is 1.92 bits per heavy atom. The molecule has 1 heterocycles. The third-order valence-electron chi connectivity index (χ3n) is 3.87. The van der Waals surface area contributed by atoms with E-state index in [9.17, 15) is 24.8 Å². The average molecular weight is 347 g/mol. The Balaban J connectivity index is 1.90. The van der Waals surface area contributed by atoms with E-state index in [1.807, 2.05) is 0 Å². The number of carbonyl (C=O) groups is 2. The summed E-state index contributed by atoms with van der Waals surface area (Å²) in [5.74, 6) is -1.23. The number of fused-ring (bicyclic) bond motifs is 1. The molecule has 7 nitrogen and oxygen atoms in total. The highest BCUT2D eigenvalue weighted by Crippen LogP contribution is 2.40. The van der Waals surface area contributed by atoms with Crippen molar-refractivity contribution in [1.29, 1.82) is 0 Å². The van der Waals surface area contributed by atoms with Crippen molar-refractivity contribution >= 4 is 34.7 Å². The van der Waals surface area contributed by atoms with Crippen LogP contribution in [0.2, 0.25) is 5.02 Å². The topological polar surface area (TPSA) is 110 Å². The molecular weight excluding hydrogens is 336 g/mol. The van der Waals surface area contributed by atoms with Gasteiger partial charge < -0.3 is 10.4 Å². The second-order valence-electron chi connectivity index (χ2n) is 5.41. The fourth-order valence-electron chi connectivity index (χ4n) is 2.59. The van der Waals surface area contributed by atoms with Crippen LogP contribution in [0, 0.1) is 10.1 Å². The molecule has 0 bridgehead atoms. The molecule has 0 fully saturated rings. The molecule has 8 heteroatoms. The number of hydrogen-bond donors (Lipinski definition) is 2. The van der Waals surface area contributed by atoms with Crippen molar-refractivity contribution in [2.75, 3.05) is 5.32 Å². The molecule has 0 saturated heterocycles. The average Bonchev–Trinajstić information content (AvgIpc) is 2.78. The number of nitrogens with one attached hydrogen (secondary N) is 1. The van der Waals surface area contributed by atoms with Crippen molar-refractivity contribution in [3.8, 4) is 0 Å². The molecule has 0 aromatic heterocycles. The first kappa shape index (κ1) is 16.1. The van der Waals surface area contributed by atoms with Gasteiger partial charge in [-0.1, -0.05) is 11.6 Å². The van der Waals surface area contributed by atoms with E-state index in [2.05, 4.69) is 5.32 Å². The number of nitro groups is 1. The number of anilines is 1. The Hall–Kier alpha value is -2.77. The lowest BCUT2D eigenvalue weighted by Crippen LogP contribution is -2.36. The first-order chi connectivity index (χ1) is 11.3. The molecule has 0 radical (unpaired) electrons. The van der Waals surface area contributed by atoms with Crippen LogP contribution in [-0.2, 0) is 10.4 Å². The molecule has 1 atom stereocenters. The van der Waals surface area contributed by atoms with E-state index in [1.165, 1.54) is 30.3 Å². The van der Waals surface area contributed by atoms with E-state index in [0.717, 1.165) is 0 Å². The number of non-ortho nitro benzene ring substituents is 1. The summed E-state index contributed by atoms with van der Waals surface area (Å²) in [4.78, 5) is 34.6. The number of ketones is 1. The summed E-state index contributed by atoms with van der Waals surface area (Å²) < 4.78 is 0. The van der Waals surface area contributed by atoms with Gasteiger partial charge >= 0.3 is 0 Å². The van der Waals surface area contributed by atoms with E-state index >= 15 is 0 Å². The van der Waals surface area contributed by atoms with Gasteiger partial charge in [-0.2, -0.15) is 0 Å². The predicted molar refractivity (Wildman–Crippen MR) is 86.0 cm³/mol. The van der Waals surface area contributed by atoms with Gasteiger partial charge in [-0.05, 0) is 30.3 Å². The zero-order valence-electron chi connectivity index (χ0n) is 12.2. The number of Topliss-reactive ketones (excluding diaryl/α,β-unsaturated/α-hetero) is 1. The molecule has 2 N–H and O–H groups in total. The molecule has 2 aromatic rings. The maximum atomic E-state index is 12.4. The van der Waals surface area contributed by atoms with Gasteiger partial charge in [0.1, 0.15) is 0 Å². The van der Waals surface area contributed by atoms with E-state index < -0.39 is 28.6 Å². The van der Waals surface area contributed by atoms with Crippen LogP contribution in [0.25, 0.3) is 0 Å². The Labute approximate surface area is 141 Å². The van der Waals surface area contributed by atoms with Crippen molar-refractivity contribution in [3.63, 3.8) is 0 Å². The van der Waals surface area contributed by atoms with Crippen LogP contribution in [0.5, 0.6) is 0 Å². The lowest BCUT2D eigenvalue weighted by Gasteiger charge is -2.20. The van der Waals surface area contributed by atoms with Crippen molar-refractivity contribution in [2.45, 2.75) is 12.0 Å². The summed E-state index contributed by atoms with van der Waals surface area (Å²) >= 11 is 5.90. The number of amides is 1. The quantitative estimate of drug-likeness (QED) is 0.502. The van der Waals surface area contributed by atoms with Crippen molar-refractivity contribution < 1.29 is 19.6 Å². The number of aliphatic hydroxyl groups is 1. The molecular formula is C16H11ClN2O5. The normalized spacial score (nSPS) is 18.8. The molecule has 0 saturated carbocycles. The fraction of sp³-hybridized carbons (Fsp3) is 0.125. The Morgan fingerprint density at radius 3 is 2.54 bits per heavy atom. The minimum absolute atomic E-state index is 0.152. The maximum absolute atomic E-state index is 12.4. The number of rotatable bonds is 4. The van der Waals surface area contributed by atoms with Gasteiger partial charge in [0.25, 0.3) is 11.6 Å². The van der Waals surface area contributed by atoms with Crippen LogP contribution in [0.1, 0.15) is 22.3 Å². The number of halogens is 1. The lowest BCUT2D eigenvalue weighted by atomic mass is 9.88. The van der Waals surface area contributed by atoms with Gasteiger partial charge in [0.05, 0.1) is 11.3 Å². The Morgan fingerprint density at radius 1 is 1.25 bits per heavy atom. The maximum Gasteiger partial charge on any atom is 0.269 e. The summed E-state index contributed by atoms with van der Waals surface area (Å²) in [6, 6.07) is 9.49. The minimum atomic E-state index is -2.03. The SMILES string of the molecule is O=C(CC1(O)C(=O)Nc2ccc(Cl)cc21)c1ccc([N+](=O)[O-])cc1. The Kier molecular flexibility index (Phi) is 3.82. The van der Waals surface area contributed by atoms with Gasteiger partial charge in [0, 0.05) is 34.0 Å². The molecule has 1 aliphatic heterocycles. The van der Waals surface area contributed by atoms with Crippen molar-refractivity contribution in [1.82, 2.24) is 0 Å². The van der Waals surface area contributed by atoms with E-state index in [1.54, 1.807) is 12.1 Å². The summed E-state index contributed by atoms with van der Waals surface area (Å²) in [5.41, 5.74) is -1.39. The monoisotopic (exact) mass is 346 g/mol. The standard InChI is InChI=1S/C16H11ClN2O5/c17-10-3-6-13-12(7-10)16(22,15(21)18-13)8-14(20)9-1-4-11(5-2-9)19(23)24/h1-7,22H,8H2,(H,18,21). The van der Waals surface area contributed by atoms with Crippen LogP contribution < -0.4 is 5.32 Å². The van der Waals surface area contributed by atoms with Gasteiger partial charge in [0.2, 0.25) is 0 Å². The van der Waals surface area contributed by atoms with Crippen LogP contribution in [-0.4, -0.2) is 21.7 Å². The van der Waals surface area contributed by atoms with Crippen LogP contribution in [0.15, 0.2) is 42.5 Å². The molecule has 1 amide bonds. The third-order valence-corrected chi connectivity index (χ3v) is 4.10. The van der Waals surface area contributed by atoms with Gasteiger partial charge in [-0.25, -0.2) is 0 Å². The van der Waals surface area contributed by atoms with Crippen LogP contribution >= 0.6 is 11.6 Å². The third kappa shape index (κ3) is 2.64. The van der Waals surface area contributed by atoms with Gasteiger partial charge in [-0.15, -0.1) is 0 Å². The van der Waals surface area contributed by atoms with E-state index in [4.69, 9.17) is 11.6 Å². The molecule has 0 spiro atoms. The first-order valence-corrected chi connectivity index (χ1v) is 7.30. The summed E-state index contributed by atoms with van der Waals surface area (Å²) in [6.45, 7) is 0. The van der Waals surface area contributed by atoms with Crippen LogP contribution in [0.4, 0.5) is 11.4 Å². The molecule has 1 aliphatic rings. The summed E-state index contributed by atoms with van der Waals surface area (Å²) in [6.07, 6.45) is -0.496. The number of benzene rings is 2. The smallest absolute Gasteiger partial charge is 0.269 e. The summed E-state index contributed by atoms with van der Waals surface area (Å²) in [7, 11) is 0. The second kappa shape index (κ2) is 5.70. The van der Waals surface area contributed by atoms with Crippen LogP contribution in [0.3, 0.4) is 0 Å². The highest BCUT2D eigenvalue weighted by molar-refractivity contribution is 6.31. The predicted octanol–water partition coefficient (Wildman–Crippen LogP) is 2.66. The van der Waals surface area contributed by atoms with E-state index in [-0.39, 0.29) is 16.8 Å². The largest absolute Gasteiger partial charge is 0.375 e. The highest BCUT2D eigenvalue weighted by atomic mass is 35.5.